The molecule has 0 aromatic carbocycles. The lowest BCUT2D eigenvalue weighted by Crippen LogP contribution is -2.34. The molecular formula is C13H17N3OS. The number of hydrogen-bond acceptors (Lipinski definition) is 4. The van der Waals surface area contributed by atoms with Crippen LogP contribution in [-0.2, 0) is 11.3 Å². The van der Waals surface area contributed by atoms with Crippen molar-refractivity contribution in [3.05, 3.63) is 21.9 Å². The highest BCUT2D eigenvalue weighted by Crippen LogP contribution is 2.15. The van der Waals surface area contributed by atoms with Crippen LogP contribution >= 0.6 is 11.3 Å². The van der Waals surface area contributed by atoms with E-state index in [1.165, 1.54) is 4.88 Å². The maximum absolute atomic E-state index is 11.5. The second-order valence-electron chi connectivity index (χ2n) is 4.47. The van der Waals surface area contributed by atoms with Crippen molar-refractivity contribution in [1.82, 2.24) is 10.2 Å². The van der Waals surface area contributed by atoms with E-state index in [0.29, 0.717) is 12.5 Å². The molecule has 1 aliphatic heterocycles. The molecule has 0 spiro atoms. The number of carbonyl (C=O) groups is 1. The first-order valence-corrected chi connectivity index (χ1v) is 7.09. The highest BCUT2D eigenvalue weighted by atomic mass is 32.1. The van der Waals surface area contributed by atoms with Gasteiger partial charge in [-0.1, -0.05) is 6.92 Å². The Balaban J connectivity index is 1.78. The summed E-state index contributed by atoms with van der Waals surface area (Å²) in [6, 6.07) is 4.44. The summed E-state index contributed by atoms with van der Waals surface area (Å²) in [5.41, 5.74) is 0.728. The van der Waals surface area contributed by atoms with Crippen molar-refractivity contribution in [2.24, 2.45) is 0 Å². The van der Waals surface area contributed by atoms with Crippen molar-refractivity contribution in [3.63, 3.8) is 0 Å². The number of amides is 1. The number of carbonyl (C=O) groups excluding carboxylic acids is 1. The fourth-order valence-corrected chi connectivity index (χ4v) is 2.91. The van der Waals surface area contributed by atoms with Gasteiger partial charge in [0.2, 0.25) is 5.91 Å². The maximum Gasteiger partial charge on any atom is 0.222 e. The summed E-state index contributed by atoms with van der Waals surface area (Å²) in [4.78, 5) is 14.6. The zero-order valence-electron chi connectivity index (χ0n) is 10.5. The van der Waals surface area contributed by atoms with Crippen molar-refractivity contribution >= 4 is 17.2 Å². The molecule has 0 radical (unpaired) electrons. The highest BCUT2D eigenvalue weighted by molar-refractivity contribution is 7.10. The lowest BCUT2D eigenvalue weighted by atomic mass is 10.2. The molecule has 1 fully saturated rings. The van der Waals surface area contributed by atoms with Crippen LogP contribution in [0.25, 0.3) is 0 Å². The molecule has 1 aromatic rings. The Morgan fingerprint density at radius 2 is 2.56 bits per heavy atom. The summed E-state index contributed by atoms with van der Waals surface area (Å²) in [7, 11) is 0. The standard InChI is InChI=1S/C13H17N3OS/c1-2-13(17)16-4-3-11(8-16)15-7-12-5-10(6-14)9-18-12/h5,9,11,15H,2-4,7-8H2,1H3. The number of likely N-dealkylation sites (tertiary alicyclic amines) is 1. The van der Waals surface area contributed by atoms with Gasteiger partial charge in [0, 0.05) is 42.4 Å². The Kier molecular flexibility index (Phi) is 4.34. The predicted octanol–water partition coefficient (Wildman–Crippen LogP) is 1.72. The normalized spacial score (nSPS) is 18.9. The largest absolute Gasteiger partial charge is 0.341 e. The second-order valence-corrected chi connectivity index (χ2v) is 5.47. The molecule has 1 saturated heterocycles. The number of nitrogens with one attached hydrogen (secondary N) is 1. The Morgan fingerprint density at radius 3 is 3.22 bits per heavy atom. The van der Waals surface area contributed by atoms with Crippen molar-refractivity contribution < 1.29 is 4.79 Å². The molecule has 5 heteroatoms. The van der Waals surface area contributed by atoms with Crippen LogP contribution in [-0.4, -0.2) is 29.9 Å². The smallest absolute Gasteiger partial charge is 0.222 e. The average Bonchev–Trinajstić information content (AvgIpc) is 3.04. The zero-order valence-corrected chi connectivity index (χ0v) is 11.3. The molecule has 0 aliphatic carbocycles. The minimum Gasteiger partial charge on any atom is -0.341 e. The second kappa shape index (κ2) is 5.98. The van der Waals surface area contributed by atoms with Gasteiger partial charge < -0.3 is 10.2 Å². The summed E-state index contributed by atoms with van der Waals surface area (Å²) < 4.78 is 0. The summed E-state index contributed by atoms with van der Waals surface area (Å²) in [6.45, 7) is 4.35. The Labute approximate surface area is 111 Å². The van der Waals surface area contributed by atoms with Gasteiger partial charge in [-0.3, -0.25) is 4.79 Å². The molecule has 1 atom stereocenters. The van der Waals surface area contributed by atoms with E-state index in [1.807, 2.05) is 23.3 Å². The molecule has 1 amide bonds. The molecule has 2 heterocycles. The predicted molar refractivity (Wildman–Crippen MR) is 71.1 cm³/mol. The van der Waals surface area contributed by atoms with E-state index in [9.17, 15) is 4.79 Å². The van der Waals surface area contributed by atoms with Crippen molar-refractivity contribution in [2.75, 3.05) is 13.1 Å². The van der Waals surface area contributed by atoms with Crippen molar-refractivity contribution in [1.29, 1.82) is 5.26 Å². The molecule has 2 rings (SSSR count). The molecule has 1 aromatic heterocycles. The topological polar surface area (TPSA) is 56.1 Å². The van der Waals surface area contributed by atoms with E-state index < -0.39 is 0 Å². The van der Waals surface area contributed by atoms with Crippen LogP contribution in [0.15, 0.2) is 11.4 Å². The van der Waals surface area contributed by atoms with Gasteiger partial charge in [0.1, 0.15) is 6.07 Å². The number of hydrogen-bond donors (Lipinski definition) is 1. The van der Waals surface area contributed by atoms with Crippen LogP contribution < -0.4 is 5.32 Å². The van der Waals surface area contributed by atoms with Crippen LogP contribution in [0.2, 0.25) is 0 Å². The fraction of sp³-hybridized carbons (Fsp3) is 0.538. The van der Waals surface area contributed by atoms with Crippen LogP contribution in [0, 0.1) is 11.3 Å². The van der Waals surface area contributed by atoms with Gasteiger partial charge in [-0.2, -0.15) is 5.26 Å². The van der Waals surface area contributed by atoms with Gasteiger partial charge in [0.15, 0.2) is 0 Å². The van der Waals surface area contributed by atoms with Gasteiger partial charge in [0.25, 0.3) is 0 Å². The first-order chi connectivity index (χ1) is 8.72. The monoisotopic (exact) mass is 263 g/mol. The van der Waals surface area contributed by atoms with E-state index in [1.54, 1.807) is 11.3 Å². The lowest BCUT2D eigenvalue weighted by Gasteiger charge is -2.15. The first-order valence-electron chi connectivity index (χ1n) is 6.21. The van der Waals surface area contributed by atoms with Crippen LogP contribution in [0.1, 0.15) is 30.2 Å². The van der Waals surface area contributed by atoms with Gasteiger partial charge in [-0.15, -0.1) is 11.3 Å². The minimum absolute atomic E-state index is 0.238. The number of rotatable bonds is 4. The number of nitrogens with zero attached hydrogens (tertiary/aromatic N) is 2. The SMILES string of the molecule is CCC(=O)N1CCC(NCc2cc(C#N)cs2)C1. The van der Waals surface area contributed by atoms with Gasteiger partial charge in [-0.05, 0) is 12.5 Å². The Hall–Kier alpha value is -1.38. The number of thiophene rings is 1. The van der Waals surface area contributed by atoms with Crippen LogP contribution in [0.5, 0.6) is 0 Å². The lowest BCUT2D eigenvalue weighted by molar-refractivity contribution is -0.129. The average molecular weight is 263 g/mol. The van der Waals surface area contributed by atoms with E-state index >= 15 is 0 Å². The van der Waals surface area contributed by atoms with E-state index in [-0.39, 0.29) is 5.91 Å². The maximum atomic E-state index is 11.5. The Bertz CT molecular complexity index is 463. The van der Waals surface area contributed by atoms with E-state index in [0.717, 1.165) is 31.6 Å². The van der Waals surface area contributed by atoms with Crippen molar-refractivity contribution in [3.8, 4) is 6.07 Å². The molecule has 18 heavy (non-hydrogen) atoms. The summed E-state index contributed by atoms with van der Waals surface area (Å²) in [6.07, 6.45) is 1.60. The van der Waals surface area contributed by atoms with Gasteiger partial charge >= 0.3 is 0 Å². The number of nitriles is 1. The third-order valence-corrected chi connectivity index (χ3v) is 4.13. The molecular weight excluding hydrogens is 246 g/mol. The molecule has 1 N–H and O–H groups in total. The molecule has 0 saturated carbocycles. The highest BCUT2D eigenvalue weighted by Gasteiger charge is 2.24. The Morgan fingerprint density at radius 1 is 1.72 bits per heavy atom. The first kappa shape index (κ1) is 13.1. The zero-order chi connectivity index (χ0) is 13.0. The quantitative estimate of drug-likeness (QED) is 0.900. The van der Waals surface area contributed by atoms with Crippen LogP contribution in [0.3, 0.4) is 0 Å². The fourth-order valence-electron chi connectivity index (χ4n) is 2.15. The third kappa shape index (κ3) is 3.09. The summed E-state index contributed by atoms with van der Waals surface area (Å²) >= 11 is 1.60. The van der Waals surface area contributed by atoms with Gasteiger partial charge in [-0.25, -0.2) is 0 Å². The molecule has 1 unspecified atom stereocenters. The third-order valence-electron chi connectivity index (χ3n) is 3.19. The van der Waals surface area contributed by atoms with Crippen LogP contribution in [0.4, 0.5) is 0 Å². The summed E-state index contributed by atoms with van der Waals surface area (Å²) in [5.74, 6) is 0.238. The minimum atomic E-state index is 0.238. The van der Waals surface area contributed by atoms with E-state index in [4.69, 9.17) is 5.26 Å². The van der Waals surface area contributed by atoms with E-state index in [2.05, 4.69) is 11.4 Å². The van der Waals surface area contributed by atoms with Crippen molar-refractivity contribution in [2.45, 2.75) is 32.4 Å². The van der Waals surface area contributed by atoms with Gasteiger partial charge in [0.05, 0.1) is 5.56 Å². The molecule has 0 bridgehead atoms. The molecule has 96 valence electrons. The summed E-state index contributed by atoms with van der Waals surface area (Å²) in [5, 5.41) is 14.1. The molecule has 4 nitrogen and oxygen atoms in total. The molecule has 1 aliphatic rings.